The molecule has 20 heavy (non-hydrogen) atoms. The van der Waals surface area contributed by atoms with Crippen molar-refractivity contribution in [3.05, 3.63) is 27.9 Å². The molecule has 2 aromatic rings. The maximum Gasteiger partial charge on any atom is 0.226 e. The lowest BCUT2D eigenvalue weighted by atomic mass is 9.89. The molecule has 1 aliphatic heterocycles. The third-order valence-electron chi connectivity index (χ3n) is 3.27. The smallest absolute Gasteiger partial charge is 0.226 e. The van der Waals surface area contributed by atoms with Crippen LogP contribution in [0.3, 0.4) is 0 Å². The van der Waals surface area contributed by atoms with Gasteiger partial charge in [0.2, 0.25) is 5.91 Å². The molecular formula is C14H16N2O2S2. The molecule has 0 radical (unpaired) electrons. The summed E-state index contributed by atoms with van der Waals surface area (Å²) in [4.78, 5) is 16.4. The maximum absolute atomic E-state index is 11.9. The molecule has 3 heterocycles. The number of rotatable bonds is 5. The van der Waals surface area contributed by atoms with Crippen LogP contribution in [0.15, 0.2) is 22.2 Å². The SMILES string of the molecule is CC1(CNC(=O)Cc2csc(-c3ccsc3)n2)COC1. The lowest BCUT2D eigenvalue weighted by molar-refractivity contribution is -0.126. The number of thiophene rings is 1. The summed E-state index contributed by atoms with van der Waals surface area (Å²) in [5.74, 6) is 0.0280. The van der Waals surface area contributed by atoms with Gasteiger partial charge in [-0.15, -0.1) is 11.3 Å². The predicted octanol–water partition coefficient (Wildman–Crippen LogP) is 2.57. The molecule has 6 heteroatoms. The van der Waals surface area contributed by atoms with E-state index in [1.165, 1.54) is 0 Å². The average Bonchev–Trinajstić information content (AvgIpc) is 3.04. The molecule has 0 bridgehead atoms. The second kappa shape index (κ2) is 5.63. The van der Waals surface area contributed by atoms with Gasteiger partial charge in [0.25, 0.3) is 0 Å². The molecule has 0 aliphatic carbocycles. The van der Waals surface area contributed by atoms with E-state index in [1.807, 2.05) is 16.8 Å². The Morgan fingerprint density at radius 1 is 1.50 bits per heavy atom. The van der Waals surface area contributed by atoms with E-state index in [-0.39, 0.29) is 11.3 Å². The highest BCUT2D eigenvalue weighted by molar-refractivity contribution is 7.14. The minimum absolute atomic E-state index is 0.0280. The van der Waals surface area contributed by atoms with Gasteiger partial charge >= 0.3 is 0 Å². The zero-order valence-electron chi connectivity index (χ0n) is 11.2. The highest BCUT2D eigenvalue weighted by Gasteiger charge is 2.33. The standard InChI is InChI=1S/C14H16N2O2S2/c1-14(8-18-9-14)7-15-12(17)4-11-6-20-13(16-11)10-2-3-19-5-10/h2-3,5-6H,4,7-9H2,1H3,(H,15,17). The summed E-state index contributed by atoms with van der Waals surface area (Å²) in [5, 5.41) is 10.0. The fourth-order valence-electron chi connectivity index (χ4n) is 2.00. The molecule has 1 amide bonds. The van der Waals surface area contributed by atoms with Crippen LogP contribution in [0.1, 0.15) is 12.6 Å². The number of nitrogens with zero attached hydrogens (tertiary/aromatic N) is 1. The molecule has 2 aromatic heterocycles. The van der Waals surface area contributed by atoms with Gasteiger partial charge in [-0.05, 0) is 11.4 Å². The van der Waals surface area contributed by atoms with Crippen LogP contribution in [-0.4, -0.2) is 30.6 Å². The monoisotopic (exact) mass is 308 g/mol. The van der Waals surface area contributed by atoms with Crippen LogP contribution in [0.4, 0.5) is 0 Å². The van der Waals surface area contributed by atoms with E-state index in [1.54, 1.807) is 22.7 Å². The van der Waals surface area contributed by atoms with Gasteiger partial charge in [-0.25, -0.2) is 4.98 Å². The van der Waals surface area contributed by atoms with E-state index in [0.29, 0.717) is 13.0 Å². The molecule has 0 saturated carbocycles. The Bertz CT molecular complexity index is 588. The Balaban J connectivity index is 1.54. The predicted molar refractivity (Wildman–Crippen MR) is 81.1 cm³/mol. The fraction of sp³-hybridized carbons (Fsp3) is 0.429. The second-order valence-electron chi connectivity index (χ2n) is 5.41. The summed E-state index contributed by atoms with van der Waals surface area (Å²) in [6.45, 7) is 4.25. The Kier molecular flexibility index (Phi) is 3.87. The molecular weight excluding hydrogens is 292 g/mol. The quantitative estimate of drug-likeness (QED) is 0.923. The average molecular weight is 308 g/mol. The van der Waals surface area contributed by atoms with Crippen molar-refractivity contribution in [1.29, 1.82) is 0 Å². The Hall–Kier alpha value is -1.24. The van der Waals surface area contributed by atoms with Crippen molar-refractivity contribution in [2.24, 2.45) is 5.41 Å². The molecule has 1 fully saturated rings. The van der Waals surface area contributed by atoms with Crippen molar-refractivity contribution >= 4 is 28.6 Å². The molecule has 1 N–H and O–H groups in total. The van der Waals surface area contributed by atoms with Crippen molar-refractivity contribution in [2.45, 2.75) is 13.3 Å². The molecule has 0 spiro atoms. The Morgan fingerprint density at radius 2 is 2.35 bits per heavy atom. The molecule has 0 unspecified atom stereocenters. The van der Waals surface area contributed by atoms with E-state index < -0.39 is 0 Å². The van der Waals surface area contributed by atoms with Crippen molar-refractivity contribution < 1.29 is 9.53 Å². The first-order valence-electron chi connectivity index (χ1n) is 6.46. The zero-order chi connectivity index (χ0) is 14.0. The largest absolute Gasteiger partial charge is 0.380 e. The molecule has 106 valence electrons. The van der Waals surface area contributed by atoms with Crippen LogP contribution < -0.4 is 5.32 Å². The van der Waals surface area contributed by atoms with Crippen molar-refractivity contribution in [3.8, 4) is 10.6 Å². The summed E-state index contributed by atoms with van der Waals surface area (Å²) < 4.78 is 5.17. The van der Waals surface area contributed by atoms with Gasteiger partial charge in [0.1, 0.15) is 5.01 Å². The summed E-state index contributed by atoms with van der Waals surface area (Å²) in [7, 11) is 0. The van der Waals surface area contributed by atoms with Crippen molar-refractivity contribution in [1.82, 2.24) is 10.3 Å². The van der Waals surface area contributed by atoms with Crippen LogP contribution in [0, 0.1) is 5.41 Å². The van der Waals surface area contributed by atoms with E-state index in [9.17, 15) is 4.79 Å². The van der Waals surface area contributed by atoms with Crippen molar-refractivity contribution in [3.63, 3.8) is 0 Å². The number of aromatic nitrogens is 1. The minimum atomic E-state index is 0.0280. The van der Waals surface area contributed by atoms with Gasteiger partial charge in [-0.3, -0.25) is 4.79 Å². The lowest BCUT2D eigenvalue weighted by Gasteiger charge is -2.38. The number of amides is 1. The van der Waals surface area contributed by atoms with Gasteiger partial charge in [0.05, 0.1) is 25.3 Å². The molecule has 0 aromatic carbocycles. The maximum atomic E-state index is 11.9. The first-order chi connectivity index (χ1) is 9.65. The number of nitrogens with one attached hydrogen (secondary N) is 1. The number of ether oxygens (including phenoxy) is 1. The number of thiazole rings is 1. The summed E-state index contributed by atoms with van der Waals surface area (Å²) in [6.07, 6.45) is 0.345. The number of hydrogen-bond donors (Lipinski definition) is 1. The zero-order valence-corrected chi connectivity index (χ0v) is 12.9. The fourth-order valence-corrected chi connectivity index (χ4v) is 3.53. The van der Waals surface area contributed by atoms with E-state index >= 15 is 0 Å². The van der Waals surface area contributed by atoms with Gasteiger partial charge in [-0.1, -0.05) is 6.92 Å². The van der Waals surface area contributed by atoms with Gasteiger partial charge < -0.3 is 10.1 Å². The second-order valence-corrected chi connectivity index (χ2v) is 7.05. The first kappa shape index (κ1) is 13.7. The molecule has 3 rings (SSSR count). The Labute approximate surface area is 125 Å². The molecule has 1 aliphatic rings. The minimum Gasteiger partial charge on any atom is -0.380 e. The number of hydrogen-bond acceptors (Lipinski definition) is 5. The third kappa shape index (κ3) is 3.08. The molecule has 1 saturated heterocycles. The van der Waals surface area contributed by atoms with E-state index in [0.717, 1.165) is 29.5 Å². The molecule has 0 atom stereocenters. The summed E-state index contributed by atoms with van der Waals surface area (Å²) >= 11 is 3.24. The number of carbonyl (C=O) groups is 1. The van der Waals surface area contributed by atoms with Crippen molar-refractivity contribution in [2.75, 3.05) is 19.8 Å². The van der Waals surface area contributed by atoms with Crippen LogP contribution in [0.25, 0.3) is 10.6 Å². The highest BCUT2D eigenvalue weighted by atomic mass is 32.1. The first-order valence-corrected chi connectivity index (χ1v) is 8.28. The summed E-state index contributed by atoms with van der Waals surface area (Å²) in [6, 6.07) is 2.05. The normalized spacial score (nSPS) is 16.6. The van der Waals surface area contributed by atoms with Crippen LogP contribution in [-0.2, 0) is 16.0 Å². The molecule has 4 nitrogen and oxygen atoms in total. The van der Waals surface area contributed by atoms with Gasteiger partial charge in [0.15, 0.2) is 0 Å². The topological polar surface area (TPSA) is 51.2 Å². The van der Waals surface area contributed by atoms with Gasteiger partial charge in [-0.2, -0.15) is 11.3 Å². The van der Waals surface area contributed by atoms with Crippen LogP contribution in [0.5, 0.6) is 0 Å². The van der Waals surface area contributed by atoms with Gasteiger partial charge in [0, 0.05) is 28.3 Å². The summed E-state index contributed by atoms with van der Waals surface area (Å²) in [5.41, 5.74) is 2.08. The van der Waals surface area contributed by atoms with Crippen LogP contribution in [0.2, 0.25) is 0 Å². The third-order valence-corrected chi connectivity index (χ3v) is 4.90. The van der Waals surface area contributed by atoms with Crippen LogP contribution >= 0.6 is 22.7 Å². The highest BCUT2D eigenvalue weighted by Crippen LogP contribution is 2.26. The van der Waals surface area contributed by atoms with E-state index in [2.05, 4.69) is 22.6 Å². The number of carbonyl (C=O) groups excluding carboxylic acids is 1. The Morgan fingerprint density at radius 3 is 3.00 bits per heavy atom. The lowest BCUT2D eigenvalue weighted by Crippen LogP contribution is -2.48. The van der Waals surface area contributed by atoms with E-state index in [4.69, 9.17) is 4.74 Å².